The first kappa shape index (κ1) is 15.0. The molecule has 1 aromatic rings. The van der Waals surface area contributed by atoms with Gasteiger partial charge in [0, 0.05) is 31.6 Å². The van der Waals surface area contributed by atoms with Crippen LogP contribution in [0.2, 0.25) is 0 Å². The molecule has 1 aliphatic heterocycles. The maximum Gasteiger partial charge on any atom is 0.132 e. The molecule has 0 amide bonds. The highest BCUT2D eigenvalue weighted by molar-refractivity contribution is 5.48. The van der Waals surface area contributed by atoms with Crippen LogP contribution in [0.25, 0.3) is 0 Å². The lowest BCUT2D eigenvalue weighted by molar-refractivity contribution is 0.206. The number of anilines is 2. The number of aryl methyl sites for hydroxylation is 1. The van der Waals surface area contributed by atoms with Gasteiger partial charge in [-0.3, -0.25) is 0 Å². The van der Waals surface area contributed by atoms with Gasteiger partial charge in [-0.15, -0.1) is 0 Å². The maximum atomic E-state index is 4.61. The zero-order valence-electron chi connectivity index (χ0n) is 13.1. The molecule has 112 valence electrons. The maximum absolute atomic E-state index is 4.61. The molecule has 2 atom stereocenters. The van der Waals surface area contributed by atoms with Gasteiger partial charge in [0.2, 0.25) is 0 Å². The van der Waals surface area contributed by atoms with E-state index in [2.05, 4.69) is 53.3 Å². The van der Waals surface area contributed by atoms with Crippen molar-refractivity contribution in [3.05, 3.63) is 11.9 Å². The van der Waals surface area contributed by atoms with Crippen LogP contribution < -0.4 is 10.6 Å². The Hall–Kier alpha value is -1.36. The van der Waals surface area contributed by atoms with Gasteiger partial charge in [-0.1, -0.05) is 13.8 Å². The van der Waals surface area contributed by atoms with Crippen LogP contribution in [0.4, 0.5) is 11.6 Å². The predicted octanol–water partition coefficient (Wildman–Crippen LogP) is 2.22. The molecule has 2 N–H and O–H groups in total. The summed E-state index contributed by atoms with van der Waals surface area (Å²) in [6.07, 6.45) is 2.02. The molecule has 5 nitrogen and oxygen atoms in total. The lowest BCUT2D eigenvalue weighted by Crippen LogP contribution is -2.43. The van der Waals surface area contributed by atoms with E-state index in [1.807, 2.05) is 6.07 Å². The third-order valence-corrected chi connectivity index (χ3v) is 3.89. The number of piperidine rings is 1. The van der Waals surface area contributed by atoms with Crippen LogP contribution in [0, 0.1) is 5.92 Å². The van der Waals surface area contributed by atoms with E-state index in [-0.39, 0.29) is 0 Å². The summed E-state index contributed by atoms with van der Waals surface area (Å²) < 4.78 is 0. The fourth-order valence-electron chi connectivity index (χ4n) is 2.76. The van der Waals surface area contributed by atoms with Gasteiger partial charge < -0.3 is 15.5 Å². The molecule has 2 unspecified atom stereocenters. The molecule has 0 saturated carbocycles. The summed E-state index contributed by atoms with van der Waals surface area (Å²) in [6, 6.07) is 2.52. The van der Waals surface area contributed by atoms with Crippen LogP contribution in [0.3, 0.4) is 0 Å². The van der Waals surface area contributed by atoms with Gasteiger partial charge in [0.15, 0.2) is 0 Å². The number of rotatable bonds is 5. The molecule has 0 aromatic carbocycles. The van der Waals surface area contributed by atoms with E-state index in [1.54, 1.807) is 0 Å². The van der Waals surface area contributed by atoms with Crippen LogP contribution in [-0.2, 0) is 6.42 Å². The van der Waals surface area contributed by atoms with Crippen LogP contribution in [0.15, 0.2) is 6.07 Å². The van der Waals surface area contributed by atoms with E-state index < -0.39 is 0 Å². The van der Waals surface area contributed by atoms with Gasteiger partial charge in [0.05, 0.1) is 0 Å². The molecule has 0 bridgehead atoms. The molecule has 1 fully saturated rings. The van der Waals surface area contributed by atoms with E-state index in [0.717, 1.165) is 43.5 Å². The van der Waals surface area contributed by atoms with Crippen molar-refractivity contribution in [2.45, 2.75) is 39.7 Å². The third kappa shape index (κ3) is 3.82. The molecular weight excluding hydrogens is 250 g/mol. The first-order chi connectivity index (χ1) is 9.62. The Labute approximate surface area is 122 Å². The average Bonchev–Trinajstić information content (AvgIpc) is 2.42. The Kier molecular flexibility index (Phi) is 5.17. The summed E-state index contributed by atoms with van der Waals surface area (Å²) in [5, 5.41) is 6.89. The third-order valence-electron chi connectivity index (χ3n) is 3.89. The molecule has 2 rings (SSSR count). The summed E-state index contributed by atoms with van der Waals surface area (Å²) in [5.41, 5.74) is 0. The molecular formula is C15H27N5. The van der Waals surface area contributed by atoms with Crippen molar-refractivity contribution in [2.75, 3.05) is 37.3 Å². The van der Waals surface area contributed by atoms with Crippen molar-refractivity contribution in [3.8, 4) is 0 Å². The minimum Gasteiger partial charge on any atom is -0.370 e. The summed E-state index contributed by atoms with van der Waals surface area (Å²) >= 11 is 0. The topological polar surface area (TPSA) is 53.1 Å². The quantitative estimate of drug-likeness (QED) is 0.864. The van der Waals surface area contributed by atoms with Gasteiger partial charge >= 0.3 is 0 Å². The van der Waals surface area contributed by atoms with Crippen LogP contribution in [0.5, 0.6) is 0 Å². The van der Waals surface area contributed by atoms with Crippen molar-refractivity contribution in [2.24, 2.45) is 5.92 Å². The largest absolute Gasteiger partial charge is 0.370 e. The van der Waals surface area contributed by atoms with Gasteiger partial charge in [-0.05, 0) is 32.9 Å². The Bertz CT molecular complexity index is 434. The zero-order chi connectivity index (χ0) is 14.5. The van der Waals surface area contributed by atoms with Crippen molar-refractivity contribution in [1.29, 1.82) is 0 Å². The highest BCUT2D eigenvalue weighted by atomic mass is 15.1. The Morgan fingerprint density at radius 2 is 2.05 bits per heavy atom. The minimum atomic E-state index is 0.500. The van der Waals surface area contributed by atoms with Crippen molar-refractivity contribution >= 4 is 11.6 Å². The molecule has 1 aliphatic rings. The van der Waals surface area contributed by atoms with Gasteiger partial charge in [0.25, 0.3) is 0 Å². The smallest absolute Gasteiger partial charge is 0.132 e. The van der Waals surface area contributed by atoms with Crippen molar-refractivity contribution in [3.63, 3.8) is 0 Å². The standard InChI is InChI=1S/C15H27N5/c1-5-13-18-14(16-6-2)9-15(19-13)17-12-7-8-20(4)10-11(12)3/h9,11-12H,5-8,10H2,1-4H3,(H2,16,17,18,19). The van der Waals surface area contributed by atoms with Gasteiger partial charge in [-0.25, -0.2) is 9.97 Å². The van der Waals surface area contributed by atoms with Crippen LogP contribution >= 0.6 is 0 Å². The van der Waals surface area contributed by atoms with E-state index in [4.69, 9.17) is 0 Å². The molecule has 5 heteroatoms. The van der Waals surface area contributed by atoms with Crippen molar-refractivity contribution in [1.82, 2.24) is 14.9 Å². The highest BCUT2D eigenvalue weighted by Gasteiger charge is 2.24. The van der Waals surface area contributed by atoms with Crippen LogP contribution in [0.1, 0.15) is 33.0 Å². The monoisotopic (exact) mass is 277 g/mol. The lowest BCUT2D eigenvalue weighted by atomic mass is 9.94. The van der Waals surface area contributed by atoms with Crippen LogP contribution in [-0.4, -0.2) is 47.6 Å². The number of hydrogen-bond acceptors (Lipinski definition) is 5. The number of hydrogen-bond donors (Lipinski definition) is 2. The van der Waals surface area contributed by atoms with Crippen molar-refractivity contribution < 1.29 is 0 Å². The Morgan fingerprint density at radius 1 is 1.30 bits per heavy atom. The minimum absolute atomic E-state index is 0.500. The fourth-order valence-corrected chi connectivity index (χ4v) is 2.76. The molecule has 20 heavy (non-hydrogen) atoms. The summed E-state index contributed by atoms with van der Waals surface area (Å²) in [4.78, 5) is 11.5. The van der Waals surface area contributed by atoms with E-state index in [0.29, 0.717) is 12.0 Å². The lowest BCUT2D eigenvalue weighted by Gasteiger charge is -2.35. The predicted molar refractivity (Wildman–Crippen MR) is 84.3 cm³/mol. The SMILES string of the molecule is CCNc1cc(NC2CCN(C)CC2C)nc(CC)n1. The molecule has 0 spiro atoms. The molecule has 2 heterocycles. The molecule has 0 aliphatic carbocycles. The van der Waals surface area contributed by atoms with Gasteiger partial charge in [-0.2, -0.15) is 0 Å². The first-order valence-corrected chi connectivity index (χ1v) is 7.69. The second-order valence-corrected chi connectivity index (χ2v) is 5.72. The number of aromatic nitrogens is 2. The zero-order valence-corrected chi connectivity index (χ0v) is 13.1. The average molecular weight is 277 g/mol. The Balaban J connectivity index is 2.09. The number of nitrogens with zero attached hydrogens (tertiary/aromatic N) is 3. The summed E-state index contributed by atoms with van der Waals surface area (Å²) in [7, 11) is 2.19. The first-order valence-electron chi connectivity index (χ1n) is 7.69. The van der Waals surface area contributed by atoms with Gasteiger partial charge in [0.1, 0.15) is 17.5 Å². The molecule has 1 saturated heterocycles. The normalized spacial score (nSPS) is 23.6. The molecule has 0 radical (unpaired) electrons. The summed E-state index contributed by atoms with van der Waals surface area (Å²) in [6.45, 7) is 9.65. The number of likely N-dealkylation sites (tertiary alicyclic amines) is 1. The van der Waals surface area contributed by atoms with E-state index >= 15 is 0 Å². The second-order valence-electron chi connectivity index (χ2n) is 5.72. The molecule has 1 aromatic heterocycles. The Morgan fingerprint density at radius 3 is 2.70 bits per heavy atom. The fraction of sp³-hybridized carbons (Fsp3) is 0.733. The van der Waals surface area contributed by atoms with E-state index in [1.165, 1.54) is 6.42 Å². The second kappa shape index (κ2) is 6.88. The number of nitrogens with one attached hydrogen (secondary N) is 2. The van der Waals surface area contributed by atoms with E-state index in [9.17, 15) is 0 Å². The summed E-state index contributed by atoms with van der Waals surface area (Å²) in [5.74, 6) is 3.40. The highest BCUT2D eigenvalue weighted by Crippen LogP contribution is 2.21.